The quantitative estimate of drug-likeness (QED) is 0.737. The molecule has 5 heteroatoms. The maximum absolute atomic E-state index is 9.85. The van der Waals surface area contributed by atoms with Crippen LogP contribution in [0.15, 0.2) is 18.2 Å². The van der Waals surface area contributed by atoms with E-state index in [1.54, 1.807) is 19.1 Å². The molecule has 100 valence electrons. The smallest absolute Gasteiger partial charge is 0.123 e. The number of phenolic OH excluding ortho intramolecular Hbond substituents is 1. The first-order chi connectivity index (χ1) is 8.61. The number of rotatable bonds is 3. The summed E-state index contributed by atoms with van der Waals surface area (Å²) in [6.07, 6.45) is -0.869. The fourth-order valence-corrected chi connectivity index (χ4v) is 2.15. The average Bonchev–Trinajstić information content (AvgIpc) is 2.38. The molecule has 2 atom stereocenters. The number of phenols is 1. The minimum absolute atomic E-state index is 0.00571. The van der Waals surface area contributed by atoms with Crippen molar-refractivity contribution in [1.82, 2.24) is 0 Å². The van der Waals surface area contributed by atoms with Crippen molar-refractivity contribution in [2.24, 2.45) is 0 Å². The molecule has 5 nitrogen and oxygen atoms in total. The van der Waals surface area contributed by atoms with Crippen LogP contribution in [-0.4, -0.2) is 47.7 Å². The minimum Gasteiger partial charge on any atom is -0.507 e. The Morgan fingerprint density at radius 2 is 2.28 bits per heavy atom. The number of aromatic hydroxyl groups is 1. The van der Waals surface area contributed by atoms with Gasteiger partial charge in [0.05, 0.1) is 25.4 Å². The number of benzene rings is 1. The highest BCUT2D eigenvalue weighted by Gasteiger charge is 2.20. The van der Waals surface area contributed by atoms with E-state index in [4.69, 9.17) is 9.84 Å². The highest BCUT2D eigenvalue weighted by Crippen LogP contribution is 2.29. The van der Waals surface area contributed by atoms with E-state index in [0.717, 1.165) is 12.2 Å². The van der Waals surface area contributed by atoms with E-state index in [0.29, 0.717) is 18.7 Å². The number of morpholine rings is 1. The number of aliphatic hydroxyl groups excluding tert-OH is 2. The van der Waals surface area contributed by atoms with Crippen LogP contribution >= 0.6 is 0 Å². The number of nitrogens with zero attached hydrogens (tertiary/aromatic N) is 1. The van der Waals surface area contributed by atoms with Crippen LogP contribution in [0.2, 0.25) is 0 Å². The van der Waals surface area contributed by atoms with Crippen molar-refractivity contribution in [1.29, 1.82) is 0 Å². The number of anilines is 1. The van der Waals surface area contributed by atoms with Crippen LogP contribution in [0.5, 0.6) is 5.75 Å². The Hall–Kier alpha value is -1.30. The molecule has 18 heavy (non-hydrogen) atoms. The van der Waals surface area contributed by atoms with Gasteiger partial charge in [0.1, 0.15) is 5.75 Å². The Kier molecular flexibility index (Phi) is 4.06. The van der Waals surface area contributed by atoms with E-state index >= 15 is 0 Å². The van der Waals surface area contributed by atoms with E-state index in [1.165, 1.54) is 0 Å². The van der Waals surface area contributed by atoms with Gasteiger partial charge < -0.3 is 25.0 Å². The van der Waals surface area contributed by atoms with Crippen molar-refractivity contribution in [2.75, 3.05) is 31.2 Å². The number of hydrogen-bond donors (Lipinski definition) is 3. The maximum Gasteiger partial charge on any atom is 0.123 e. The van der Waals surface area contributed by atoms with Crippen molar-refractivity contribution in [3.63, 3.8) is 0 Å². The predicted octanol–water partition coefficient (Wildman–Crippen LogP) is 0.643. The summed E-state index contributed by atoms with van der Waals surface area (Å²) in [4.78, 5) is 2.05. The van der Waals surface area contributed by atoms with Gasteiger partial charge in [0.2, 0.25) is 0 Å². The lowest BCUT2D eigenvalue weighted by Crippen LogP contribution is -2.44. The largest absolute Gasteiger partial charge is 0.507 e. The highest BCUT2D eigenvalue weighted by atomic mass is 16.5. The Morgan fingerprint density at radius 1 is 1.50 bits per heavy atom. The van der Waals surface area contributed by atoms with Crippen LogP contribution in [0.4, 0.5) is 5.69 Å². The third kappa shape index (κ3) is 2.75. The molecular formula is C13H19NO4. The zero-order valence-electron chi connectivity index (χ0n) is 10.4. The molecule has 0 bridgehead atoms. The number of hydrogen-bond acceptors (Lipinski definition) is 5. The van der Waals surface area contributed by atoms with Crippen LogP contribution in [0.3, 0.4) is 0 Å². The van der Waals surface area contributed by atoms with Crippen LogP contribution < -0.4 is 4.90 Å². The molecule has 3 N–H and O–H groups in total. The molecule has 0 spiro atoms. The first kappa shape index (κ1) is 13.1. The Labute approximate surface area is 106 Å². The van der Waals surface area contributed by atoms with Gasteiger partial charge in [-0.25, -0.2) is 0 Å². The molecular weight excluding hydrogens is 234 g/mol. The third-order valence-corrected chi connectivity index (χ3v) is 3.17. The molecule has 1 heterocycles. The fourth-order valence-electron chi connectivity index (χ4n) is 2.15. The lowest BCUT2D eigenvalue weighted by atomic mass is 10.1. The summed E-state index contributed by atoms with van der Waals surface area (Å²) in [5, 5.41) is 28.4. The molecule has 1 fully saturated rings. The molecule has 1 aliphatic heterocycles. The van der Waals surface area contributed by atoms with Crippen molar-refractivity contribution >= 4 is 5.69 Å². The van der Waals surface area contributed by atoms with Gasteiger partial charge in [0.15, 0.2) is 0 Å². The zero-order chi connectivity index (χ0) is 13.1. The zero-order valence-corrected chi connectivity index (χ0v) is 10.4. The van der Waals surface area contributed by atoms with Crippen LogP contribution in [0, 0.1) is 0 Å². The summed E-state index contributed by atoms with van der Waals surface area (Å²) in [6.45, 7) is 3.50. The first-order valence-corrected chi connectivity index (χ1v) is 6.10. The monoisotopic (exact) mass is 253 g/mol. The molecule has 0 aliphatic carbocycles. The third-order valence-electron chi connectivity index (χ3n) is 3.17. The minimum atomic E-state index is -0.686. The summed E-state index contributed by atoms with van der Waals surface area (Å²) in [5.41, 5.74) is 1.39. The van der Waals surface area contributed by atoms with Gasteiger partial charge in [-0.05, 0) is 13.0 Å². The summed E-state index contributed by atoms with van der Waals surface area (Å²) in [7, 11) is 0. The van der Waals surface area contributed by atoms with E-state index in [1.807, 2.05) is 6.07 Å². The Morgan fingerprint density at radius 3 is 2.89 bits per heavy atom. The van der Waals surface area contributed by atoms with E-state index in [2.05, 4.69) is 4.90 Å². The first-order valence-electron chi connectivity index (χ1n) is 6.10. The molecule has 1 saturated heterocycles. The molecule has 0 amide bonds. The van der Waals surface area contributed by atoms with Crippen LogP contribution in [0.25, 0.3) is 0 Å². The normalized spacial score (nSPS) is 21.9. The number of aliphatic hydroxyl groups is 2. The van der Waals surface area contributed by atoms with E-state index in [-0.39, 0.29) is 18.5 Å². The average molecular weight is 253 g/mol. The fraction of sp³-hybridized carbons (Fsp3) is 0.538. The highest BCUT2D eigenvalue weighted by molar-refractivity contribution is 5.54. The SMILES string of the molecule is CC(O)c1ccc(N2CCOC(CO)C2)cc1O. The maximum atomic E-state index is 9.85. The van der Waals surface area contributed by atoms with Gasteiger partial charge in [-0.3, -0.25) is 0 Å². The topological polar surface area (TPSA) is 73.2 Å². The molecule has 1 aliphatic rings. The van der Waals surface area contributed by atoms with Crippen LogP contribution in [-0.2, 0) is 4.74 Å². The van der Waals surface area contributed by atoms with Gasteiger partial charge in [0.25, 0.3) is 0 Å². The second kappa shape index (κ2) is 5.56. The van der Waals surface area contributed by atoms with E-state index < -0.39 is 6.10 Å². The van der Waals surface area contributed by atoms with Gasteiger partial charge >= 0.3 is 0 Å². The van der Waals surface area contributed by atoms with Crippen LogP contribution in [0.1, 0.15) is 18.6 Å². The van der Waals surface area contributed by atoms with Crippen molar-refractivity contribution < 1.29 is 20.1 Å². The summed E-state index contributed by atoms with van der Waals surface area (Å²) in [6, 6.07) is 5.22. The molecule has 0 aromatic heterocycles. The summed E-state index contributed by atoms with van der Waals surface area (Å²) in [5.74, 6) is 0.0922. The van der Waals surface area contributed by atoms with Crippen molar-refractivity contribution in [3.05, 3.63) is 23.8 Å². The predicted molar refractivity (Wildman–Crippen MR) is 67.8 cm³/mol. The molecule has 1 aromatic rings. The lowest BCUT2D eigenvalue weighted by Gasteiger charge is -2.34. The molecule has 0 saturated carbocycles. The second-order valence-corrected chi connectivity index (χ2v) is 4.54. The Balaban J connectivity index is 2.16. The Bertz CT molecular complexity index is 408. The van der Waals surface area contributed by atoms with Gasteiger partial charge in [-0.2, -0.15) is 0 Å². The molecule has 2 rings (SSSR count). The van der Waals surface area contributed by atoms with Crippen molar-refractivity contribution in [3.8, 4) is 5.75 Å². The van der Waals surface area contributed by atoms with Gasteiger partial charge in [0, 0.05) is 30.4 Å². The molecule has 1 aromatic carbocycles. The molecule has 2 unspecified atom stereocenters. The van der Waals surface area contributed by atoms with E-state index in [9.17, 15) is 10.2 Å². The molecule has 0 radical (unpaired) electrons. The van der Waals surface area contributed by atoms with Crippen molar-refractivity contribution in [2.45, 2.75) is 19.1 Å². The van der Waals surface area contributed by atoms with Gasteiger partial charge in [-0.15, -0.1) is 0 Å². The number of ether oxygens (including phenoxy) is 1. The lowest BCUT2D eigenvalue weighted by molar-refractivity contribution is 0.00355. The van der Waals surface area contributed by atoms with Gasteiger partial charge in [-0.1, -0.05) is 6.07 Å². The summed E-state index contributed by atoms with van der Waals surface area (Å²) >= 11 is 0. The second-order valence-electron chi connectivity index (χ2n) is 4.54. The summed E-state index contributed by atoms with van der Waals surface area (Å²) < 4.78 is 5.38. The standard InChI is InChI=1S/C13H19NO4/c1-9(16)12-3-2-10(6-13(12)17)14-4-5-18-11(7-14)8-15/h2-3,6,9,11,15-17H,4-5,7-8H2,1H3.